The molecule has 4 aromatic rings. The van der Waals surface area contributed by atoms with Gasteiger partial charge >= 0.3 is 6.01 Å². The number of nitrogens with zero attached hydrogens (tertiary/aromatic N) is 4. The van der Waals surface area contributed by atoms with Gasteiger partial charge in [-0.05, 0) is 56.8 Å². The number of pyridine rings is 2. The maximum Gasteiger partial charge on any atom is 0.319 e. The fourth-order valence-electron chi connectivity index (χ4n) is 6.65. The van der Waals surface area contributed by atoms with Crippen molar-refractivity contribution in [1.29, 1.82) is 0 Å². The van der Waals surface area contributed by atoms with E-state index in [2.05, 4.69) is 35.5 Å². The fourth-order valence-corrected chi connectivity index (χ4v) is 6.65. The topological polar surface area (TPSA) is 117 Å². The molecule has 3 atom stereocenters. The number of hydrogen-bond donors (Lipinski definition) is 3. The van der Waals surface area contributed by atoms with Crippen molar-refractivity contribution in [1.82, 2.24) is 30.2 Å². The molecule has 244 valence electrons. The third kappa shape index (κ3) is 5.79. The molecule has 0 bridgehead atoms. The van der Waals surface area contributed by atoms with Crippen LogP contribution in [-0.4, -0.2) is 82.0 Å². The zero-order valence-corrected chi connectivity index (χ0v) is 25.7. The minimum atomic E-state index is -0.946. The van der Waals surface area contributed by atoms with Crippen molar-refractivity contribution in [3.8, 4) is 23.1 Å². The molecule has 0 amide bonds. The van der Waals surface area contributed by atoms with Gasteiger partial charge in [-0.1, -0.05) is 19.9 Å². The highest BCUT2D eigenvalue weighted by atomic mass is 19.1. The van der Waals surface area contributed by atoms with Crippen LogP contribution in [0.25, 0.3) is 32.9 Å². The first-order valence-electron chi connectivity index (χ1n) is 15.7. The number of nitrogens with one attached hydrogen (secondary N) is 3. The Hall–Kier alpha value is -3.97. The first kappa shape index (κ1) is 31.0. The van der Waals surface area contributed by atoms with Crippen LogP contribution in [0.4, 0.5) is 19.0 Å². The molecule has 2 saturated heterocycles. The van der Waals surface area contributed by atoms with E-state index in [1.807, 2.05) is 20.8 Å². The quantitative estimate of drug-likeness (QED) is 0.271. The molecule has 13 heteroatoms. The maximum absolute atomic E-state index is 16.7. The van der Waals surface area contributed by atoms with Gasteiger partial charge < -0.3 is 25.1 Å². The lowest BCUT2D eigenvalue weighted by atomic mass is 9.95. The number of hydrogen-bond acceptors (Lipinski definition) is 9. The first-order chi connectivity index (χ1) is 21.8. The van der Waals surface area contributed by atoms with E-state index in [1.165, 1.54) is 18.3 Å². The summed E-state index contributed by atoms with van der Waals surface area (Å²) in [5.74, 6) is -1.51. The van der Waals surface area contributed by atoms with Gasteiger partial charge in [0.2, 0.25) is 5.88 Å². The summed E-state index contributed by atoms with van der Waals surface area (Å²) in [7, 11) is 0. The molecule has 3 aliphatic rings. The second-order valence-electron chi connectivity index (χ2n) is 11.6. The van der Waals surface area contributed by atoms with Crippen molar-refractivity contribution in [3.63, 3.8) is 0 Å². The summed E-state index contributed by atoms with van der Waals surface area (Å²) < 4.78 is 58.8. The molecule has 3 aliphatic heterocycles. The number of alkyl halides is 1. The van der Waals surface area contributed by atoms with Crippen molar-refractivity contribution in [2.45, 2.75) is 64.3 Å². The van der Waals surface area contributed by atoms with Gasteiger partial charge in [0.25, 0.3) is 5.56 Å². The van der Waals surface area contributed by atoms with Crippen LogP contribution >= 0.6 is 0 Å². The minimum Gasteiger partial charge on any atom is -0.474 e. The molecule has 3 N–H and O–H groups in total. The van der Waals surface area contributed by atoms with Gasteiger partial charge in [0.15, 0.2) is 5.82 Å². The number of aromatic nitrogens is 4. The normalized spacial score (nSPS) is 23.4. The zero-order chi connectivity index (χ0) is 31.7. The number of benzene rings is 1. The molecule has 7 rings (SSSR count). The Balaban J connectivity index is 0.00000123. The van der Waals surface area contributed by atoms with Crippen molar-refractivity contribution in [3.05, 3.63) is 46.4 Å². The molecule has 2 fully saturated rings. The van der Waals surface area contributed by atoms with E-state index in [0.29, 0.717) is 44.4 Å². The lowest BCUT2D eigenvalue weighted by Crippen LogP contribution is -2.43. The molecule has 0 spiro atoms. The second kappa shape index (κ2) is 12.8. The summed E-state index contributed by atoms with van der Waals surface area (Å²) >= 11 is 0. The average Bonchev–Trinajstić information content (AvgIpc) is 3.55. The molecule has 0 radical (unpaired) electrons. The molecule has 6 heterocycles. The minimum absolute atomic E-state index is 0. The van der Waals surface area contributed by atoms with Gasteiger partial charge in [-0.2, -0.15) is 9.97 Å². The standard InChI is InChI=1S/C30H32F3N7O3.C2H6.2H2/c1-16-5-8-34-10-11-35-26-22-25(38-29(39-26)42-15-30-7-2-12-40(30)14-18(31)13-30)23(33)24(37-28(22)43-16)21-19(32)4-3-17-6-9-36-27(41)20(17)21;1-2;;/h3-4,6,9,16,18,34H,2,5,7-8,10-15H2,1H3,(H,36,41)(H,35,38,39);1-2H3;2*1H/t16-,18+,30-;;;/m0.../s1. The molecule has 10 nitrogen and oxygen atoms in total. The Morgan fingerprint density at radius 1 is 1.13 bits per heavy atom. The number of ether oxygens (including phenoxy) is 2. The summed E-state index contributed by atoms with van der Waals surface area (Å²) in [4.78, 5) is 31.0. The summed E-state index contributed by atoms with van der Waals surface area (Å²) in [6, 6.07) is 4.13. The van der Waals surface area contributed by atoms with Crippen LogP contribution in [0, 0.1) is 11.6 Å². The van der Waals surface area contributed by atoms with E-state index in [0.717, 1.165) is 19.4 Å². The van der Waals surface area contributed by atoms with Crippen molar-refractivity contribution in [2.24, 2.45) is 0 Å². The molecule has 0 unspecified atom stereocenters. The van der Waals surface area contributed by atoms with Crippen LogP contribution in [0.3, 0.4) is 0 Å². The third-order valence-corrected chi connectivity index (χ3v) is 8.72. The number of halogens is 3. The summed E-state index contributed by atoms with van der Waals surface area (Å²) in [6.45, 7) is 8.89. The van der Waals surface area contributed by atoms with Crippen molar-refractivity contribution in [2.75, 3.05) is 44.6 Å². The third-order valence-electron chi connectivity index (χ3n) is 8.72. The number of fused-ring (bicyclic) bond motifs is 2. The van der Waals surface area contributed by atoms with E-state index in [4.69, 9.17) is 9.47 Å². The summed E-state index contributed by atoms with van der Waals surface area (Å²) in [6.07, 6.45) is 2.86. The van der Waals surface area contributed by atoms with Gasteiger partial charge in [-0.25, -0.2) is 18.2 Å². The number of H-pyrrole nitrogens is 1. The Morgan fingerprint density at radius 2 is 1.98 bits per heavy atom. The maximum atomic E-state index is 16.7. The predicted octanol–water partition coefficient (Wildman–Crippen LogP) is 5.46. The van der Waals surface area contributed by atoms with Gasteiger partial charge in [0.05, 0.1) is 22.6 Å². The number of anilines is 1. The monoisotopic (exact) mass is 629 g/mol. The van der Waals surface area contributed by atoms with Gasteiger partial charge in [-0.15, -0.1) is 0 Å². The molecular formula is C32H42F3N7O3. The number of aromatic amines is 1. The molecule has 45 heavy (non-hydrogen) atoms. The SMILES string of the molecule is CC.C[C@H]1CCNCCNc2nc(OC[C@@]34CCCN3C[C@H](F)C4)nc3c(F)c(-c4c(F)ccc5cc[nH]c(=O)c45)nc(c23)O1.[HH].[HH]. The lowest BCUT2D eigenvalue weighted by molar-refractivity contribution is 0.107. The number of rotatable bonds is 4. The Morgan fingerprint density at radius 3 is 2.82 bits per heavy atom. The van der Waals surface area contributed by atoms with E-state index in [1.54, 1.807) is 6.07 Å². The largest absolute Gasteiger partial charge is 0.474 e. The summed E-state index contributed by atoms with van der Waals surface area (Å²) in [5, 5.41) is 7.10. The van der Waals surface area contributed by atoms with E-state index in [-0.39, 0.29) is 55.1 Å². The molecule has 0 saturated carbocycles. The van der Waals surface area contributed by atoms with Crippen LogP contribution in [0.5, 0.6) is 11.9 Å². The Labute approximate surface area is 261 Å². The predicted molar refractivity (Wildman–Crippen MR) is 171 cm³/mol. The van der Waals surface area contributed by atoms with Crippen molar-refractivity contribution >= 4 is 27.5 Å². The van der Waals surface area contributed by atoms with Gasteiger partial charge in [-0.3, -0.25) is 9.69 Å². The highest BCUT2D eigenvalue weighted by Gasteiger charge is 2.49. The molecule has 3 aromatic heterocycles. The van der Waals surface area contributed by atoms with Crippen LogP contribution in [0.2, 0.25) is 0 Å². The van der Waals surface area contributed by atoms with Crippen molar-refractivity contribution < 1.29 is 25.5 Å². The average molecular weight is 630 g/mol. The van der Waals surface area contributed by atoms with Gasteiger partial charge in [0, 0.05) is 35.1 Å². The van der Waals surface area contributed by atoms with Crippen LogP contribution in [0.15, 0.2) is 29.2 Å². The smallest absolute Gasteiger partial charge is 0.319 e. The highest BCUT2D eigenvalue weighted by molar-refractivity contribution is 6.00. The van der Waals surface area contributed by atoms with Crippen LogP contribution < -0.4 is 25.7 Å². The molecule has 1 aromatic carbocycles. The Kier molecular flexibility index (Phi) is 8.82. The zero-order valence-electron chi connectivity index (χ0n) is 25.7. The highest BCUT2D eigenvalue weighted by Crippen LogP contribution is 2.42. The van der Waals surface area contributed by atoms with E-state index in [9.17, 15) is 9.18 Å². The first-order valence-corrected chi connectivity index (χ1v) is 15.7. The summed E-state index contributed by atoms with van der Waals surface area (Å²) in [5.41, 5.74) is -1.94. The van der Waals surface area contributed by atoms with Crippen LogP contribution in [0.1, 0.15) is 49.3 Å². The lowest BCUT2D eigenvalue weighted by Gasteiger charge is -2.30. The fraction of sp³-hybridized carbons (Fsp3) is 0.500. The van der Waals surface area contributed by atoms with Gasteiger partial charge in [0.1, 0.15) is 41.0 Å². The van der Waals surface area contributed by atoms with Crippen LogP contribution in [-0.2, 0) is 0 Å². The molecule has 0 aliphatic carbocycles. The molecular weight excluding hydrogens is 587 g/mol. The second-order valence-corrected chi connectivity index (χ2v) is 11.6. The Bertz CT molecular complexity index is 1780. The van der Waals surface area contributed by atoms with E-state index < -0.39 is 34.6 Å². The van der Waals surface area contributed by atoms with E-state index >= 15 is 8.78 Å².